The number of anilines is 1. The third-order valence-electron chi connectivity index (χ3n) is 1.22. The summed E-state index contributed by atoms with van der Waals surface area (Å²) in [6.45, 7) is 0. The van der Waals surface area contributed by atoms with Gasteiger partial charge in [0, 0.05) is 16.0 Å². The van der Waals surface area contributed by atoms with Gasteiger partial charge in [0.1, 0.15) is 0 Å². The van der Waals surface area contributed by atoms with Crippen LogP contribution in [0.5, 0.6) is 0 Å². The quantitative estimate of drug-likeness (QED) is 0.572. The van der Waals surface area contributed by atoms with Crippen molar-refractivity contribution in [2.75, 3.05) is 5.73 Å². The van der Waals surface area contributed by atoms with E-state index < -0.39 is 0 Å². The van der Waals surface area contributed by atoms with Crippen LogP contribution in [0.4, 0.5) is 5.69 Å². The maximum Gasteiger partial charge on any atom is 0.0474 e. The summed E-state index contributed by atoms with van der Waals surface area (Å²) in [5, 5.41) is 0. The molecule has 0 aliphatic carbocycles. The number of nitrogen functional groups attached to an aromatic ring is 1. The molecule has 54 valence electrons. The van der Waals surface area contributed by atoms with E-state index in [2.05, 4.69) is 15.9 Å². The topological polar surface area (TPSA) is 26.0 Å². The number of nitrogens with two attached hydrogens (primary N) is 1. The van der Waals surface area contributed by atoms with E-state index in [1.54, 1.807) is 0 Å². The SMILES string of the molecule is Nc1ccc(CCl)cc1Br. The van der Waals surface area contributed by atoms with Crippen LogP contribution in [-0.4, -0.2) is 0 Å². The molecule has 0 radical (unpaired) electrons. The van der Waals surface area contributed by atoms with Gasteiger partial charge in [0.25, 0.3) is 0 Å². The fourth-order valence-electron chi connectivity index (χ4n) is 0.654. The molecule has 1 aromatic rings. The van der Waals surface area contributed by atoms with Crippen molar-refractivity contribution in [3.8, 4) is 0 Å². The Balaban J connectivity index is 3.04. The summed E-state index contributed by atoms with van der Waals surface area (Å²) in [6.07, 6.45) is 0. The van der Waals surface area contributed by atoms with E-state index in [-0.39, 0.29) is 0 Å². The Morgan fingerprint density at radius 2 is 2.20 bits per heavy atom. The molecule has 0 unspecified atom stereocenters. The first-order valence-electron chi connectivity index (χ1n) is 2.84. The average molecular weight is 220 g/mol. The largest absolute Gasteiger partial charge is 0.398 e. The monoisotopic (exact) mass is 219 g/mol. The van der Waals surface area contributed by atoms with Crippen LogP contribution in [0.1, 0.15) is 5.56 Å². The third-order valence-corrected chi connectivity index (χ3v) is 2.21. The summed E-state index contributed by atoms with van der Waals surface area (Å²) in [5.41, 5.74) is 7.37. The molecule has 10 heavy (non-hydrogen) atoms. The zero-order chi connectivity index (χ0) is 7.56. The smallest absolute Gasteiger partial charge is 0.0474 e. The number of hydrogen-bond donors (Lipinski definition) is 1. The summed E-state index contributed by atoms with van der Waals surface area (Å²) < 4.78 is 0.908. The van der Waals surface area contributed by atoms with E-state index in [0.29, 0.717) is 5.88 Å². The second-order valence-electron chi connectivity index (χ2n) is 1.99. The molecule has 0 spiro atoms. The molecule has 0 bridgehead atoms. The number of hydrogen-bond acceptors (Lipinski definition) is 1. The Hall–Kier alpha value is -0.210. The van der Waals surface area contributed by atoms with Crippen molar-refractivity contribution in [2.45, 2.75) is 5.88 Å². The zero-order valence-electron chi connectivity index (χ0n) is 5.27. The fourth-order valence-corrected chi connectivity index (χ4v) is 1.25. The van der Waals surface area contributed by atoms with Crippen LogP contribution in [0.3, 0.4) is 0 Å². The minimum atomic E-state index is 0.527. The van der Waals surface area contributed by atoms with Crippen LogP contribution in [0.25, 0.3) is 0 Å². The number of halogens is 2. The lowest BCUT2D eigenvalue weighted by Crippen LogP contribution is -1.86. The molecule has 1 aromatic carbocycles. The third kappa shape index (κ3) is 1.64. The van der Waals surface area contributed by atoms with Gasteiger partial charge in [0.15, 0.2) is 0 Å². The summed E-state index contributed by atoms with van der Waals surface area (Å²) in [5.74, 6) is 0.527. The molecule has 3 heteroatoms. The van der Waals surface area contributed by atoms with E-state index in [1.807, 2.05) is 18.2 Å². The van der Waals surface area contributed by atoms with Crippen molar-refractivity contribution in [3.05, 3.63) is 28.2 Å². The lowest BCUT2D eigenvalue weighted by molar-refractivity contribution is 1.39. The first-order chi connectivity index (χ1) is 4.74. The zero-order valence-corrected chi connectivity index (χ0v) is 7.61. The van der Waals surface area contributed by atoms with Gasteiger partial charge in [-0.2, -0.15) is 0 Å². The van der Waals surface area contributed by atoms with Crippen molar-refractivity contribution in [2.24, 2.45) is 0 Å². The Morgan fingerprint density at radius 3 is 2.70 bits per heavy atom. The molecule has 0 aromatic heterocycles. The molecule has 0 atom stereocenters. The second kappa shape index (κ2) is 3.26. The predicted molar refractivity (Wildman–Crippen MR) is 48.1 cm³/mol. The number of alkyl halides is 1. The molecular formula is C7H7BrClN. The molecule has 1 nitrogen and oxygen atoms in total. The second-order valence-corrected chi connectivity index (χ2v) is 3.11. The van der Waals surface area contributed by atoms with Crippen LogP contribution in [-0.2, 0) is 5.88 Å². The van der Waals surface area contributed by atoms with E-state index >= 15 is 0 Å². The molecule has 2 N–H and O–H groups in total. The predicted octanol–water partition coefficient (Wildman–Crippen LogP) is 2.77. The van der Waals surface area contributed by atoms with Crippen molar-refractivity contribution >= 4 is 33.2 Å². The standard InChI is InChI=1S/C7H7BrClN/c8-6-3-5(4-9)1-2-7(6)10/h1-3H,4,10H2. The first-order valence-corrected chi connectivity index (χ1v) is 4.16. The molecule has 0 heterocycles. The van der Waals surface area contributed by atoms with Gasteiger partial charge in [0.2, 0.25) is 0 Å². The molecular weight excluding hydrogens is 213 g/mol. The molecule has 0 saturated heterocycles. The average Bonchev–Trinajstić information content (AvgIpc) is 1.95. The lowest BCUT2D eigenvalue weighted by atomic mass is 10.2. The minimum absolute atomic E-state index is 0.527. The first kappa shape index (κ1) is 7.89. The number of rotatable bonds is 1. The van der Waals surface area contributed by atoms with Gasteiger partial charge >= 0.3 is 0 Å². The Morgan fingerprint density at radius 1 is 1.50 bits per heavy atom. The van der Waals surface area contributed by atoms with Crippen LogP contribution < -0.4 is 5.73 Å². The molecule has 0 aliphatic heterocycles. The lowest BCUT2D eigenvalue weighted by Gasteiger charge is -1.98. The Labute approximate surface area is 73.3 Å². The molecule has 0 amide bonds. The number of benzene rings is 1. The van der Waals surface area contributed by atoms with E-state index in [0.717, 1.165) is 15.7 Å². The van der Waals surface area contributed by atoms with Gasteiger partial charge in [0.05, 0.1) is 0 Å². The maximum absolute atomic E-state index is 5.59. The van der Waals surface area contributed by atoms with Crippen molar-refractivity contribution < 1.29 is 0 Å². The molecule has 0 saturated carbocycles. The highest BCUT2D eigenvalue weighted by atomic mass is 79.9. The van der Waals surface area contributed by atoms with Gasteiger partial charge in [-0.25, -0.2) is 0 Å². The highest BCUT2D eigenvalue weighted by Crippen LogP contribution is 2.20. The molecule has 0 fully saturated rings. The van der Waals surface area contributed by atoms with Crippen LogP contribution in [0.15, 0.2) is 22.7 Å². The van der Waals surface area contributed by atoms with Crippen molar-refractivity contribution in [3.63, 3.8) is 0 Å². The highest BCUT2D eigenvalue weighted by Gasteiger charge is 1.95. The minimum Gasteiger partial charge on any atom is -0.398 e. The highest BCUT2D eigenvalue weighted by molar-refractivity contribution is 9.10. The normalized spacial score (nSPS) is 9.80. The maximum atomic E-state index is 5.59. The van der Waals surface area contributed by atoms with E-state index in [9.17, 15) is 0 Å². The summed E-state index contributed by atoms with van der Waals surface area (Å²) in [6, 6.07) is 5.66. The van der Waals surface area contributed by atoms with Crippen LogP contribution in [0, 0.1) is 0 Å². The van der Waals surface area contributed by atoms with Crippen LogP contribution in [0.2, 0.25) is 0 Å². The fraction of sp³-hybridized carbons (Fsp3) is 0.143. The van der Waals surface area contributed by atoms with Crippen molar-refractivity contribution in [1.29, 1.82) is 0 Å². The van der Waals surface area contributed by atoms with Crippen molar-refractivity contribution in [1.82, 2.24) is 0 Å². The summed E-state index contributed by atoms with van der Waals surface area (Å²) in [4.78, 5) is 0. The summed E-state index contributed by atoms with van der Waals surface area (Å²) in [7, 11) is 0. The van der Waals surface area contributed by atoms with Gasteiger partial charge in [-0.1, -0.05) is 6.07 Å². The Kier molecular flexibility index (Phi) is 2.57. The van der Waals surface area contributed by atoms with Gasteiger partial charge in [-0.05, 0) is 33.6 Å². The Bertz CT molecular complexity index is 237. The molecule has 0 aliphatic rings. The van der Waals surface area contributed by atoms with Crippen LogP contribution >= 0.6 is 27.5 Å². The van der Waals surface area contributed by atoms with Gasteiger partial charge in [-0.15, -0.1) is 11.6 Å². The molecule has 1 rings (SSSR count). The van der Waals surface area contributed by atoms with Gasteiger partial charge in [-0.3, -0.25) is 0 Å². The van der Waals surface area contributed by atoms with Gasteiger partial charge < -0.3 is 5.73 Å². The summed E-state index contributed by atoms with van der Waals surface area (Å²) >= 11 is 8.89. The van der Waals surface area contributed by atoms with E-state index in [1.165, 1.54) is 0 Å². The van der Waals surface area contributed by atoms with E-state index in [4.69, 9.17) is 17.3 Å².